The Morgan fingerprint density at radius 1 is 0.833 bits per heavy atom. The molecule has 0 saturated heterocycles. The van der Waals surface area contributed by atoms with Crippen molar-refractivity contribution in [3.8, 4) is 0 Å². The number of benzene rings is 3. The molecule has 0 spiro atoms. The van der Waals surface area contributed by atoms with E-state index in [9.17, 15) is 18.0 Å². The Morgan fingerprint density at radius 3 is 2.00 bits per heavy atom. The van der Waals surface area contributed by atoms with Crippen LogP contribution in [0.25, 0.3) is 0 Å². The highest BCUT2D eigenvalue weighted by Gasteiger charge is 2.21. The molecule has 0 aromatic heterocycles. The van der Waals surface area contributed by atoms with Crippen LogP contribution < -0.4 is 14.9 Å². The van der Waals surface area contributed by atoms with Crippen molar-refractivity contribution in [2.45, 2.75) is 40.0 Å². The lowest BCUT2D eigenvalue weighted by Gasteiger charge is -2.22. The molecule has 0 heterocycles. The van der Waals surface area contributed by atoms with E-state index in [-0.39, 0.29) is 17.9 Å². The quantitative estimate of drug-likeness (QED) is 0.456. The molecule has 0 aliphatic heterocycles. The van der Waals surface area contributed by atoms with Crippen molar-refractivity contribution in [2.24, 2.45) is 0 Å². The van der Waals surface area contributed by atoms with E-state index in [4.69, 9.17) is 0 Å². The summed E-state index contributed by atoms with van der Waals surface area (Å²) in [4.78, 5) is 25.5. The van der Waals surface area contributed by atoms with Crippen LogP contribution in [0.3, 0.4) is 0 Å². The van der Waals surface area contributed by atoms with E-state index in [0.717, 1.165) is 27.3 Å². The summed E-state index contributed by atoms with van der Waals surface area (Å²) < 4.78 is 25.9. The number of carbonyl (C=O) groups excluding carboxylic acids is 2. The Balaban J connectivity index is 1.70. The zero-order valence-electron chi connectivity index (χ0n) is 21.5. The minimum atomic E-state index is -3.69. The molecule has 2 amide bonds. The van der Waals surface area contributed by atoms with Crippen molar-refractivity contribution in [3.05, 3.63) is 89.0 Å². The molecule has 36 heavy (non-hydrogen) atoms. The number of rotatable bonds is 7. The van der Waals surface area contributed by atoms with Crippen molar-refractivity contribution >= 4 is 38.9 Å². The number of amides is 2. The normalized spacial score (nSPS) is 11.6. The number of hydrogen-bond donors (Lipinski definition) is 2. The van der Waals surface area contributed by atoms with Gasteiger partial charge in [-0.2, -0.15) is 0 Å². The molecule has 0 saturated carbocycles. The van der Waals surface area contributed by atoms with Gasteiger partial charge in [-0.25, -0.2) is 8.42 Å². The number of aryl methyl sites for hydroxylation is 2. The molecule has 0 aliphatic rings. The highest BCUT2D eigenvalue weighted by molar-refractivity contribution is 7.92. The van der Waals surface area contributed by atoms with Crippen molar-refractivity contribution < 1.29 is 18.0 Å². The van der Waals surface area contributed by atoms with Gasteiger partial charge in [0.1, 0.15) is 6.54 Å². The molecule has 3 rings (SSSR count). The van der Waals surface area contributed by atoms with Crippen LogP contribution in [-0.4, -0.2) is 33.0 Å². The average Bonchev–Trinajstić information content (AvgIpc) is 2.78. The van der Waals surface area contributed by atoms with Gasteiger partial charge in [0, 0.05) is 16.9 Å². The molecule has 190 valence electrons. The van der Waals surface area contributed by atoms with Gasteiger partial charge < -0.3 is 10.6 Å². The number of nitrogens with one attached hydrogen (secondary N) is 2. The fourth-order valence-electron chi connectivity index (χ4n) is 3.61. The van der Waals surface area contributed by atoms with E-state index in [2.05, 4.69) is 31.4 Å². The highest BCUT2D eigenvalue weighted by atomic mass is 32.2. The molecule has 3 aromatic rings. The van der Waals surface area contributed by atoms with E-state index in [1.165, 1.54) is 0 Å². The summed E-state index contributed by atoms with van der Waals surface area (Å²) in [6.45, 7) is 9.77. The lowest BCUT2D eigenvalue weighted by Crippen LogP contribution is -2.37. The second-order valence-corrected chi connectivity index (χ2v) is 11.9. The van der Waals surface area contributed by atoms with Crippen molar-refractivity contribution in [1.82, 2.24) is 0 Å². The summed E-state index contributed by atoms with van der Waals surface area (Å²) in [6.07, 6.45) is 1.07. The predicted molar refractivity (Wildman–Crippen MR) is 146 cm³/mol. The summed E-state index contributed by atoms with van der Waals surface area (Å²) in [6, 6.07) is 19.4. The summed E-state index contributed by atoms with van der Waals surface area (Å²) in [7, 11) is -3.69. The zero-order chi connectivity index (χ0) is 26.7. The molecule has 0 unspecified atom stereocenters. The molecular formula is C28H33N3O4S. The van der Waals surface area contributed by atoms with E-state index >= 15 is 0 Å². The van der Waals surface area contributed by atoms with Crippen LogP contribution in [0.4, 0.5) is 17.1 Å². The number of hydrogen-bond acceptors (Lipinski definition) is 4. The maximum absolute atomic E-state index is 12.8. The van der Waals surface area contributed by atoms with Crippen LogP contribution in [0.15, 0.2) is 66.7 Å². The Labute approximate surface area is 213 Å². The third kappa shape index (κ3) is 6.95. The van der Waals surface area contributed by atoms with Crippen molar-refractivity contribution in [1.29, 1.82) is 0 Å². The maximum atomic E-state index is 12.8. The molecule has 8 heteroatoms. The molecule has 0 aliphatic carbocycles. The van der Waals surface area contributed by atoms with Gasteiger partial charge in [0.25, 0.3) is 5.91 Å². The average molecular weight is 508 g/mol. The summed E-state index contributed by atoms with van der Waals surface area (Å²) >= 11 is 0. The zero-order valence-corrected chi connectivity index (χ0v) is 22.4. The monoisotopic (exact) mass is 507 g/mol. The first-order valence-corrected chi connectivity index (χ1v) is 13.5. The molecule has 0 fully saturated rings. The molecule has 0 bridgehead atoms. The van der Waals surface area contributed by atoms with Crippen LogP contribution in [0, 0.1) is 13.8 Å². The SMILES string of the molecule is Cc1ccc(N(CC(=O)Nc2cccc(NC(=O)c3ccc(C(C)(C)C)cc3)c2)S(C)(=O)=O)cc1C. The van der Waals surface area contributed by atoms with Gasteiger partial charge in [-0.15, -0.1) is 0 Å². The summed E-state index contributed by atoms with van der Waals surface area (Å²) in [5.74, 6) is -0.767. The summed E-state index contributed by atoms with van der Waals surface area (Å²) in [5, 5.41) is 5.56. The Bertz CT molecular complexity index is 1370. The minimum absolute atomic E-state index is 0.00743. The Kier molecular flexibility index (Phi) is 7.89. The van der Waals surface area contributed by atoms with Gasteiger partial charge in [-0.1, -0.05) is 45.0 Å². The van der Waals surface area contributed by atoms with Gasteiger partial charge in [0.05, 0.1) is 11.9 Å². The molecule has 2 N–H and O–H groups in total. The molecule has 7 nitrogen and oxygen atoms in total. The standard InChI is InChI=1S/C28H33N3O4S/c1-19-10-15-25(16-20(19)2)31(36(6,34)35)18-26(32)29-23-8-7-9-24(17-23)30-27(33)21-11-13-22(14-12-21)28(3,4)5/h7-17H,18H2,1-6H3,(H,29,32)(H,30,33). The highest BCUT2D eigenvalue weighted by Crippen LogP contribution is 2.24. The third-order valence-corrected chi connectivity index (χ3v) is 7.02. The van der Waals surface area contributed by atoms with Crippen LogP contribution in [0.5, 0.6) is 0 Å². The van der Waals surface area contributed by atoms with Gasteiger partial charge in [0.2, 0.25) is 15.9 Å². The lowest BCUT2D eigenvalue weighted by molar-refractivity contribution is -0.114. The van der Waals surface area contributed by atoms with Gasteiger partial charge in [-0.3, -0.25) is 13.9 Å². The third-order valence-electron chi connectivity index (χ3n) is 5.88. The van der Waals surface area contributed by atoms with Crippen molar-refractivity contribution in [3.63, 3.8) is 0 Å². The van der Waals surface area contributed by atoms with Crippen LogP contribution >= 0.6 is 0 Å². The minimum Gasteiger partial charge on any atom is -0.324 e. The van der Waals surface area contributed by atoms with Crippen LogP contribution in [0.2, 0.25) is 0 Å². The second kappa shape index (κ2) is 10.5. The number of anilines is 3. The van der Waals surface area contributed by atoms with E-state index < -0.39 is 15.9 Å². The molecule has 3 aromatic carbocycles. The first-order chi connectivity index (χ1) is 16.7. The predicted octanol–water partition coefficient (Wildman–Crippen LogP) is 5.26. The number of nitrogens with zero attached hydrogens (tertiary/aromatic N) is 1. The smallest absolute Gasteiger partial charge is 0.255 e. The molecule has 0 atom stereocenters. The largest absolute Gasteiger partial charge is 0.324 e. The number of carbonyl (C=O) groups is 2. The molecule has 0 radical (unpaired) electrons. The van der Waals surface area contributed by atoms with Crippen LogP contribution in [-0.2, 0) is 20.2 Å². The number of sulfonamides is 1. The van der Waals surface area contributed by atoms with E-state index in [1.54, 1.807) is 48.5 Å². The van der Waals surface area contributed by atoms with Crippen molar-refractivity contribution in [2.75, 3.05) is 27.7 Å². The first-order valence-electron chi connectivity index (χ1n) is 11.6. The fourth-order valence-corrected chi connectivity index (χ4v) is 4.46. The maximum Gasteiger partial charge on any atom is 0.255 e. The van der Waals surface area contributed by atoms with E-state index in [1.807, 2.05) is 32.0 Å². The second-order valence-electron chi connectivity index (χ2n) is 9.95. The molecular weight excluding hydrogens is 474 g/mol. The Morgan fingerprint density at radius 2 is 1.44 bits per heavy atom. The van der Waals surface area contributed by atoms with Gasteiger partial charge >= 0.3 is 0 Å². The lowest BCUT2D eigenvalue weighted by atomic mass is 9.87. The Hall–Kier alpha value is -3.65. The van der Waals surface area contributed by atoms with Gasteiger partial charge in [-0.05, 0) is 78.4 Å². The summed E-state index contributed by atoms with van der Waals surface area (Å²) in [5.41, 5.74) is 4.98. The van der Waals surface area contributed by atoms with E-state index in [0.29, 0.717) is 22.6 Å². The van der Waals surface area contributed by atoms with Crippen LogP contribution in [0.1, 0.15) is 47.8 Å². The first kappa shape index (κ1) is 26.9. The fraction of sp³-hybridized carbons (Fsp3) is 0.286. The van der Waals surface area contributed by atoms with Gasteiger partial charge in [0.15, 0.2) is 0 Å². The topological polar surface area (TPSA) is 95.6 Å².